The molecule has 98 valence electrons. The lowest BCUT2D eigenvalue weighted by Crippen LogP contribution is -2.31. The third kappa shape index (κ3) is 3.07. The van der Waals surface area contributed by atoms with Crippen LogP contribution in [0.2, 0.25) is 0 Å². The first-order valence-electron chi connectivity index (χ1n) is 6.64. The number of nitrogens with one attached hydrogen (secondary N) is 1. The molecule has 1 atom stereocenters. The minimum absolute atomic E-state index is 0.212. The lowest BCUT2D eigenvalue weighted by molar-refractivity contribution is -0.385. The van der Waals surface area contributed by atoms with Crippen molar-refractivity contribution in [3.8, 4) is 0 Å². The summed E-state index contributed by atoms with van der Waals surface area (Å²) >= 11 is 0. The fraction of sp³-hybridized carbons (Fsp3) is 0.571. The fourth-order valence-corrected chi connectivity index (χ4v) is 2.73. The molecule has 1 aromatic carbocycles. The van der Waals surface area contributed by atoms with Gasteiger partial charge in [0.25, 0.3) is 5.69 Å². The molecule has 0 aromatic heterocycles. The number of hydrogen-bond acceptors (Lipinski definition) is 3. The highest BCUT2D eigenvalue weighted by Crippen LogP contribution is 2.28. The third-order valence-electron chi connectivity index (χ3n) is 3.91. The number of para-hydroxylation sites is 1. The van der Waals surface area contributed by atoms with Crippen LogP contribution in [-0.2, 0) is 6.54 Å². The summed E-state index contributed by atoms with van der Waals surface area (Å²) in [7, 11) is 0. The summed E-state index contributed by atoms with van der Waals surface area (Å²) in [6.07, 6.45) is 5.21. The van der Waals surface area contributed by atoms with Crippen LogP contribution in [0, 0.1) is 16.0 Å². The van der Waals surface area contributed by atoms with E-state index in [1.165, 1.54) is 25.7 Å². The highest BCUT2D eigenvalue weighted by Gasteiger charge is 2.21. The van der Waals surface area contributed by atoms with Crippen LogP contribution in [0.1, 0.15) is 38.2 Å². The quantitative estimate of drug-likeness (QED) is 0.642. The molecule has 0 radical (unpaired) electrons. The molecule has 4 nitrogen and oxygen atoms in total. The van der Waals surface area contributed by atoms with Crippen molar-refractivity contribution in [2.75, 3.05) is 0 Å². The minimum atomic E-state index is -0.308. The largest absolute Gasteiger partial charge is 0.310 e. The summed E-state index contributed by atoms with van der Waals surface area (Å²) in [6, 6.07) is 7.39. The van der Waals surface area contributed by atoms with Crippen molar-refractivity contribution >= 4 is 5.69 Å². The van der Waals surface area contributed by atoms with E-state index in [4.69, 9.17) is 0 Å². The Morgan fingerprint density at radius 2 is 2.06 bits per heavy atom. The number of hydrogen-bond donors (Lipinski definition) is 1. The van der Waals surface area contributed by atoms with Crippen LogP contribution in [0.15, 0.2) is 24.3 Å². The van der Waals surface area contributed by atoms with Gasteiger partial charge in [-0.1, -0.05) is 31.0 Å². The van der Waals surface area contributed by atoms with Crippen LogP contribution in [0.4, 0.5) is 5.69 Å². The van der Waals surface area contributed by atoms with E-state index in [1.807, 2.05) is 12.1 Å². The molecule has 1 aliphatic carbocycles. The Hall–Kier alpha value is -1.42. The summed E-state index contributed by atoms with van der Waals surface area (Å²) in [5, 5.41) is 14.3. The maximum absolute atomic E-state index is 10.9. The van der Waals surface area contributed by atoms with Gasteiger partial charge in [-0.05, 0) is 25.7 Å². The second kappa shape index (κ2) is 5.96. The number of benzene rings is 1. The molecule has 0 aliphatic heterocycles. The van der Waals surface area contributed by atoms with Crippen molar-refractivity contribution in [1.29, 1.82) is 0 Å². The Labute approximate surface area is 108 Å². The van der Waals surface area contributed by atoms with Crippen LogP contribution in [0.3, 0.4) is 0 Å². The van der Waals surface area contributed by atoms with Crippen molar-refractivity contribution < 1.29 is 4.92 Å². The molecule has 0 amide bonds. The zero-order valence-corrected chi connectivity index (χ0v) is 10.8. The van der Waals surface area contributed by atoms with Gasteiger partial charge in [0.1, 0.15) is 0 Å². The smallest absolute Gasteiger partial charge is 0.273 e. The lowest BCUT2D eigenvalue weighted by Gasteiger charge is -2.20. The summed E-state index contributed by atoms with van der Waals surface area (Å²) in [4.78, 5) is 10.6. The fourth-order valence-electron chi connectivity index (χ4n) is 2.73. The van der Waals surface area contributed by atoms with Gasteiger partial charge in [0.2, 0.25) is 0 Å². The predicted octanol–water partition coefficient (Wildman–Crippen LogP) is 3.26. The minimum Gasteiger partial charge on any atom is -0.310 e. The molecule has 1 N–H and O–H groups in total. The van der Waals surface area contributed by atoms with Crippen LogP contribution in [0.25, 0.3) is 0 Å². The molecule has 1 saturated carbocycles. The Balaban J connectivity index is 1.95. The molecule has 2 rings (SSSR count). The summed E-state index contributed by atoms with van der Waals surface area (Å²) in [5.41, 5.74) is 0.982. The summed E-state index contributed by atoms with van der Waals surface area (Å²) < 4.78 is 0. The van der Waals surface area contributed by atoms with Crippen LogP contribution < -0.4 is 5.32 Å². The molecular formula is C14H20N2O2. The van der Waals surface area contributed by atoms with E-state index in [-0.39, 0.29) is 10.6 Å². The molecule has 1 aliphatic rings. The molecule has 1 unspecified atom stereocenters. The van der Waals surface area contributed by atoms with Gasteiger partial charge >= 0.3 is 0 Å². The molecule has 4 heteroatoms. The topological polar surface area (TPSA) is 55.2 Å². The van der Waals surface area contributed by atoms with Crippen LogP contribution in [-0.4, -0.2) is 11.0 Å². The Morgan fingerprint density at radius 3 is 2.72 bits per heavy atom. The van der Waals surface area contributed by atoms with Gasteiger partial charge in [0, 0.05) is 24.2 Å². The Morgan fingerprint density at radius 1 is 1.39 bits per heavy atom. The molecule has 0 heterocycles. The predicted molar refractivity (Wildman–Crippen MR) is 71.4 cm³/mol. The van der Waals surface area contributed by atoms with Gasteiger partial charge in [0.05, 0.1) is 4.92 Å². The zero-order valence-electron chi connectivity index (χ0n) is 10.8. The SMILES string of the molecule is CC(NCc1ccccc1[N+](=O)[O-])C1CCCC1. The Bertz CT molecular complexity index is 414. The molecular weight excluding hydrogens is 228 g/mol. The molecule has 1 aromatic rings. The van der Waals surface area contributed by atoms with E-state index in [0.29, 0.717) is 12.6 Å². The van der Waals surface area contributed by atoms with Crippen LogP contribution >= 0.6 is 0 Å². The van der Waals surface area contributed by atoms with Gasteiger partial charge in [-0.3, -0.25) is 10.1 Å². The maximum atomic E-state index is 10.9. The van der Waals surface area contributed by atoms with Crippen molar-refractivity contribution in [1.82, 2.24) is 5.32 Å². The van der Waals surface area contributed by atoms with E-state index >= 15 is 0 Å². The van der Waals surface area contributed by atoms with E-state index in [9.17, 15) is 10.1 Å². The van der Waals surface area contributed by atoms with Gasteiger partial charge in [0.15, 0.2) is 0 Å². The van der Waals surface area contributed by atoms with Gasteiger partial charge in [-0.2, -0.15) is 0 Å². The summed E-state index contributed by atoms with van der Waals surface area (Å²) in [5.74, 6) is 0.729. The van der Waals surface area contributed by atoms with Crippen molar-refractivity contribution in [3.05, 3.63) is 39.9 Å². The summed E-state index contributed by atoms with van der Waals surface area (Å²) in [6.45, 7) is 2.76. The van der Waals surface area contributed by atoms with E-state index in [0.717, 1.165) is 11.5 Å². The molecule has 0 spiro atoms. The second-order valence-electron chi connectivity index (χ2n) is 5.10. The van der Waals surface area contributed by atoms with Crippen molar-refractivity contribution in [2.24, 2.45) is 5.92 Å². The molecule has 18 heavy (non-hydrogen) atoms. The molecule has 0 saturated heterocycles. The van der Waals surface area contributed by atoms with Crippen molar-refractivity contribution in [3.63, 3.8) is 0 Å². The number of nitrogens with zero attached hydrogens (tertiary/aromatic N) is 1. The first-order valence-corrected chi connectivity index (χ1v) is 6.64. The van der Waals surface area contributed by atoms with Crippen molar-refractivity contribution in [2.45, 2.75) is 45.2 Å². The standard InChI is InChI=1S/C14H20N2O2/c1-11(12-6-2-3-7-12)15-10-13-8-4-5-9-14(13)16(17)18/h4-5,8-9,11-12,15H,2-3,6-7,10H2,1H3. The van der Waals surface area contributed by atoms with E-state index < -0.39 is 0 Å². The number of rotatable bonds is 5. The average molecular weight is 248 g/mol. The van der Waals surface area contributed by atoms with Gasteiger partial charge in [-0.15, -0.1) is 0 Å². The maximum Gasteiger partial charge on any atom is 0.273 e. The van der Waals surface area contributed by atoms with E-state index in [2.05, 4.69) is 12.2 Å². The Kier molecular flexibility index (Phi) is 4.31. The van der Waals surface area contributed by atoms with E-state index in [1.54, 1.807) is 12.1 Å². The highest BCUT2D eigenvalue weighted by molar-refractivity contribution is 5.39. The average Bonchev–Trinajstić information content (AvgIpc) is 2.90. The van der Waals surface area contributed by atoms with Gasteiger partial charge < -0.3 is 5.32 Å². The van der Waals surface area contributed by atoms with Crippen LogP contribution in [0.5, 0.6) is 0 Å². The van der Waals surface area contributed by atoms with Gasteiger partial charge in [-0.25, -0.2) is 0 Å². The number of nitro groups is 1. The lowest BCUT2D eigenvalue weighted by atomic mass is 9.99. The highest BCUT2D eigenvalue weighted by atomic mass is 16.6. The zero-order chi connectivity index (χ0) is 13.0. The normalized spacial score (nSPS) is 17.8. The second-order valence-corrected chi connectivity index (χ2v) is 5.10. The third-order valence-corrected chi connectivity index (χ3v) is 3.91. The monoisotopic (exact) mass is 248 g/mol. The number of nitro benzene ring substituents is 1. The molecule has 1 fully saturated rings. The first kappa shape index (κ1) is 13.0. The molecule has 0 bridgehead atoms. The first-order chi connectivity index (χ1) is 8.68.